The molecule has 2 amide bonds. The fraction of sp³-hybridized carbons (Fsp3) is 0.382. The number of piperidine rings is 1. The van der Waals surface area contributed by atoms with Crippen LogP contribution in [0.1, 0.15) is 60.7 Å². The predicted octanol–water partition coefficient (Wildman–Crippen LogP) is 6.67. The van der Waals surface area contributed by atoms with E-state index in [1.807, 2.05) is 18.2 Å². The molecule has 10 heteroatoms. The number of rotatable bonds is 8. The summed E-state index contributed by atoms with van der Waals surface area (Å²) in [5, 5.41) is 0.802. The molecule has 0 bridgehead atoms. The van der Waals surface area contributed by atoms with Crippen LogP contribution in [0.3, 0.4) is 0 Å². The number of amides is 2. The lowest BCUT2D eigenvalue weighted by molar-refractivity contribution is -0.150. The molecular formula is C34H36Cl2N2O6. The highest BCUT2D eigenvalue weighted by molar-refractivity contribution is 6.33. The first-order valence-corrected chi connectivity index (χ1v) is 15.4. The SMILES string of the molecule is CCOC(=O)C1CC(C)CCN1C(=O)c1ccc(Cl)c(C2(C)C(=O)N(Cc3ccc(OC)cc3OC)c3ccc(Cl)cc32)c1. The van der Waals surface area contributed by atoms with E-state index >= 15 is 0 Å². The molecule has 44 heavy (non-hydrogen) atoms. The number of hydrogen-bond donors (Lipinski definition) is 0. The third-order valence-electron chi connectivity index (χ3n) is 8.72. The quantitative estimate of drug-likeness (QED) is 0.256. The Morgan fingerprint density at radius 3 is 2.48 bits per heavy atom. The van der Waals surface area contributed by atoms with Crippen LogP contribution in [-0.4, -0.2) is 56.1 Å². The number of halogens is 2. The molecule has 8 nitrogen and oxygen atoms in total. The van der Waals surface area contributed by atoms with Crippen molar-refractivity contribution in [1.29, 1.82) is 0 Å². The van der Waals surface area contributed by atoms with Crippen molar-refractivity contribution in [2.45, 2.75) is 51.6 Å². The molecule has 0 radical (unpaired) electrons. The van der Waals surface area contributed by atoms with Gasteiger partial charge in [0.05, 0.1) is 27.4 Å². The van der Waals surface area contributed by atoms with Crippen molar-refractivity contribution in [3.8, 4) is 11.5 Å². The van der Waals surface area contributed by atoms with Gasteiger partial charge in [0.2, 0.25) is 5.91 Å². The Bertz CT molecular complexity index is 1610. The Hall–Kier alpha value is -3.75. The summed E-state index contributed by atoms with van der Waals surface area (Å²) >= 11 is 13.3. The Balaban J connectivity index is 1.56. The van der Waals surface area contributed by atoms with E-state index in [0.29, 0.717) is 56.9 Å². The molecule has 3 aromatic carbocycles. The summed E-state index contributed by atoms with van der Waals surface area (Å²) < 4.78 is 16.3. The Morgan fingerprint density at radius 1 is 1.00 bits per heavy atom. The first-order valence-electron chi connectivity index (χ1n) is 14.6. The number of esters is 1. The first kappa shape index (κ1) is 31.7. The highest BCUT2D eigenvalue weighted by Crippen LogP contribution is 2.50. The van der Waals surface area contributed by atoms with Crippen LogP contribution in [0, 0.1) is 5.92 Å². The van der Waals surface area contributed by atoms with Crippen molar-refractivity contribution in [2.24, 2.45) is 5.92 Å². The monoisotopic (exact) mass is 638 g/mol. The van der Waals surface area contributed by atoms with Gasteiger partial charge in [0, 0.05) is 39.5 Å². The number of methoxy groups -OCH3 is 2. The van der Waals surface area contributed by atoms with E-state index in [-0.39, 0.29) is 30.9 Å². The number of anilines is 1. The zero-order valence-electron chi connectivity index (χ0n) is 25.5. The molecule has 2 aliphatic heterocycles. The molecule has 3 unspecified atom stereocenters. The molecule has 2 aliphatic rings. The first-order chi connectivity index (χ1) is 21.0. The minimum atomic E-state index is -1.26. The Morgan fingerprint density at radius 2 is 1.77 bits per heavy atom. The molecule has 0 spiro atoms. The van der Waals surface area contributed by atoms with E-state index < -0.39 is 17.4 Å². The van der Waals surface area contributed by atoms with E-state index in [4.69, 9.17) is 37.4 Å². The minimum absolute atomic E-state index is 0.222. The van der Waals surface area contributed by atoms with E-state index in [2.05, 4.69) is 6.92 Å². The summed E-state index contributed by atoms with van der Waals surface area (Å²) in [6, 6.07) is 15.0. The van der Waals surface area contributed by atoms with E-state index in [1.165, 1.54) is 0 Å². The lowest BCUT2D eigenvalue weighted by Gasteiger charge is -2.37. The summed E-state index contributed by atoms with van der Waals surface area (Å²) in [5.41, 5.74) is 1.68. The number of nitrogens with zero attached hydrogens (tertiary/aromatic N) is 2. The van der Waals surface area contributed by atoms with Gasteiger partial charge in [-0.1, -0.05) is 30.1 Å². The Labute approximate surface area is 267 Å². The molecule has 2 heterocycles. The molecule has 0 saturated carbocycles. The highest BCUT2D eigenvalue weighted by Gasteiger charge is 2.50. The summed E-state index contributed by atoms with van der Waals surface area (Å²) in [7, 11) is 3.15. The van der Waals surface area contributed by atoms with Crippen molar-refractivity contribution in [2.75, 3.05) is 32.3 Å². The number of carbonyl (C=O) groups excluding carboxylic acids is 3. The van der Waals surface area contributed by atoms with E-state index in [1.54, 1.807) is 74.3 Å². The molecule has 3 atom stereocenters. The zero-order valence-corrected chi connectivity index (χ0v) is 27.0. The molecule has 0 N–H and O–H groups in total. The fourth-order valence-corrected chi connectivity index (χ4v) is 6.74. The van der Waals surface area contributed by atoms with Crippen molar-refractivity contribution in [3.05, 3.63) is 86.9 Å². The zero-order chi connectivity index (χ0) is 31.8. The van der Waals surface area contributed by atoms with Crippen LogP contribution in [0.5, 0.6) is 11.5 Å². The van der Waals surface area contributed by atoms with Crippen LogP contribution in [0.15, 0.2) is 54.6 Å². The normalized spacial score (nSPS) is 21.2. The number of likely N-dealkylation sites (tertiary alicyclic amines) is 1. The van der Waals surface area contributed by atoms with Gasteiger partial charge in [-0.3, -0.25) is 9.59 Å². The van der Waals surface area contributed by atoms with Gasteiger partial charge >= 0.3 is 5.97 Å². The van der Waals surface area contributed by atoms with Gasteiger partial charge in [-0.05, 0) is 92.3 Å². The number of benzene rings is 3. The van der Waals surface area contributed by atoms with Crippen molar-refractivity contribution >= 4 is 46.7 Å². The molecule has 1 saturated heterocycles. The topological polar surface area (TPSA) is 85.4 Å². The lowest BCUT2D eigenvalue weighted by atomic mass is 9.76. The Kier molecular flexibility index (Phi) is 9.14. The van der Waals surface area contributed by atoms with Crippen LogP contribution in [0.25, 0.3) is 0 Å². The summed E-state index contributed by atoms with van der Waals surface area (Å²) in [5.74, 6) is 0.549. The molecule has 1 fully saturated rings. The lowest BCUT2D eigenvalue weighted by Crippen LogP contribution is -2.50. The summed E-state index contributed by atoms with van der Waals surface area (Å²) in [6.45, 7) is 6.50. The van der Waals surface area contributed by atoms with Crippen molar-refractivity contribution in [1.82, 2.24) is 4.90 Å². The summed E-state index contributed by atoms with van der Waals surface area (Å²) in [6.07, 6.45) is 1.30. The van der Waals surface area contributed by atoms with Crippen molar-refractivity contribution < 1.29 is 28.6 Å². The minimum Gasteiger partial charge on any atom is -0.497 e. The number of hydrogen-bond acceptors (Lipinski definition) is 6. The van der Waals surface area contributed by atoms with Gasteiger partial charge < -0.3 is 24.0 Å². The average Bonchev–Trinajstić information content (AvgIpc) is 3.22. The maximum Gasteiger partial charge on any atom is 0.328 e. The van der Waals surface area contributed by atoms with Gasteiger partial charge in [0.25, 0.3) is 5.91 Å². The summed E-state index contributed by atoms with van der Waals surface area (Å²) in [4.78, 5) is 44.6. The van der Waals surface area contributed by atoms with E-state index in [9.17, 15) is 14.4 Å². The molecule has 0 aromatic heterocycles. The predicted molar refractivity (Wildman–Crippen MR) is 170 cm³/mol. The van der Waals surface area contributed by atoms with Gasteiger partial charge in [-0.2, -0.15) is 0 Å². The third kappa shape index (κ3) is 5.61. The molecular weight excluding hydrogens is 603 g/mol. The van der Waals surface area contributed by atoms with Crippen molar-refractivity contribution in [3.63, 3.8) is 0 Å². The van der Waals surface area contributed by atoms with Crippen LogP contribution in [-0.2, 0) is 26.3 Å². The molecule has 5 rings (SSSR count). The molecule has 3 aromatic rings. The van der Waals surface area contributed by atoms with Gasteiger partial charge in [-0.25, -0.2) is 4.79 Å². The second kappa shape index (κ2) is 12.7. The third-order valence-corrected chi connectivity index (χ3v) is 9.28. The second-order valence-electron chi connectivity index (χ2n) is 11.4. The van der Waals surface area contributed by atoms with Gasteiger partial charge in [-0.15, -0.1) is 0 Å². The van der Waals surface area contributed by atoms with Crippen LogP contribution >= 0.6 is 23.2 Å². The largest absolute Gasteiger partial charge is 0.497 e. The van der Waals surface area contributed by atoms with Gasteiger partial charge in [0.1, 0.15) is 23.0 Å². The maximum atomic E-state index is 14.5. The second-order valence-corrected chi connectivity index (χ2v) is 12.3. The van der Waals surface area contributed by atoms with Crippen LogP contribution in [0.2, 0.25) is 10.0 Å². The van der Waals surface area contributed by atoms with Gasteiger partial charge in [0.15, 0.2) is 0 Å². The number of carbonyl (C=O) groups is 3. The fourth-order valence-electron chi connectivity index (χ4n) is 6.26. The molecule has 0 aliphatic carbocycles. The van der Waals surface area contributed by atoms with Crippen LogP contribution < -0.4 is 14.4 Å². The standard InChI is InChI=1S/C34H36Cl2N2O6/c1-6-44-32(40)29-15-20(2)13-14-37(29)31(39)21-8-11-27(36)25(16-21)34(3)26-17-23(35)9-12-28(26)38(33(34)41)19-22-7-10-24(42-4)18-30(22)43-5/h7-12,16-18,20,29H,6,13-15,19H2,1-5H3. The maximum absolute atomic E-state index is 14.5. The van der Waals surface area contributed by atoms with E-state index in [0.717, 1.165) is 12.0 Å². The van der Waals surface area contributed by atoms with Crippen LogP contribution in [0.4, 0.5) is 5.69 Å². The highest BCUT2D eigenvalue weighted by atomic mass is 35.5. The smallest absolute Gasteiger partial charge is 0.328 e. The number of ether oxygens (including phenoxy) is 3. The number of fused-ring (bicyclic) bond motifs is 1. The average molecular weight is 640 g/mol. The molecule has 232 valence electrons.